The van der Waals surface area contributed by atoms with E-state index in [1.54, 1.807) is 18.5 Å². The maximum Gasteiger partial charge on any atom is 0.256 e. The smallest absolute Gasteiger partial charge is 0.256 e. The fraction of sp³-hybridized carbons (Fsp3) is 0.143. The average Bonchev–Trinajstić information content (AvgIpc) is 3.05. The average molecular weight is 376 g/mol. The van der Waals surface area contributed by atoms with E-state index in [9.17, 15) is 4.79 Å². The number of amides is 1. The number of aromatic nitrogens is 4. The molecular formula is C21H19N5O2. The number of anilines is 1. The molecule has 0 fully saturated rings. The Morgan fingerprint density at radius 1 is 1.14 bits per heavy atom. The molecule has 0 saturated heterocycles. The van der Waals surface area contributed by atoms with Crippen molar-refractivity contribution < 1.29 is 13.6 Å². The van der Waals surface area contributed by atoms with Gasteiger partial charge in [-0.3, -0.25) is 4.79 Å². The van der Waals surface area contributed by atoms with Crippen molar-refractivity contribution in [3.05, 3.63) is 66.2 Å². The first-order chi connectivity index (χ1) is 14.7. The molecule has 0 bridgehead atoms. The minimum absolute atomic E-state index is 0.155. The molecule has 0 aliphatic heterocycles. The minimum atomic E-state index is -2.54. The summed E-state index contributed by atoms with van der Waals surface area (Å²) in [6, 6.07) is 11.4. The molecule has 1 aromatic carbocycles. The number of rotatable bonds is 4. The lowest BCUT2D eigenvalue weighted by atomic mass is 10.2. The van der Waals surface area contributed by atoms with E-state index < -0.39 is 7.04 Å². The lowest BCUT2D eigenvalue weighted by molar-refractivity contribution is 0.102. The fourth-order valence-corrected chi connectivity index (χ4v) is 2.83. The first kappa shape index (κ1) is 14.3. The molecule has 7 heteroatoms. The van der Waals surface area contributed by atoms with E-state index in [0.717, 1.165) is 22.6 Å². The Balaban J connectivity index is 1.55. The molecule has 3 heterocycles. The Hall–Kier alpha value is -3.74. The van der Waals surface area contributed by atoms with Crippen LogP contribution in [0.25, 0.3) is 22.3 Å². The lowest BCUT2D eigenvalue weighted by Crippen LogP contribution is -2.12. The monoisotopic (exact) mass is 376 g/mol. The first-order valence-corrected chi connectivity index (χ1v) is 8.55. The van der Waals surface area contributed by atoms with Crippen molar-refractivity contribution in [3.8, 4) is 17.1 Å². The van der Waals surface area contributed by atoms with Gasteiger partial charge in [-0.1, -0.05) is 0 Å². The van der Waals surface area contributed by atoms with Gasteiger partial charge in [-0.25, -0.2) is 15.0 Å². The van der Waals surface area contributed by atoms with Crippen molar-refractivity contribution >= 4 is 22.6 Å². The highest BCUT2D eigenvalue weighted by atomic mass is 16.5. The second-order valence-corrected chi connectivity index (χ2v) is 6.29. The van der Waals surface area contributed by atoms with E-state index in [0.29, 0.717) is 16.9 Å². The molecule has 28 heavy (non-hydrogen) atoms. The summed E-state index contributed by atoms with van der Waals surface area (Å²) in [5.41, 5.74) is 2.68. The number of imidazole rings is 1. The summed E-state index contributed by atoms with van der Waals surface area (Å²) in [4.78, 5) is 25.8. The molecule has 0 spiro atoms. The quantitative estimate of drug-likeness (QED) is 0.588. The normalized spacial score (nSPS) is 12.9. The first-order valence-electron chi connectivity index (χ1n) is 10.1. The van der Waals surface area contributed by atoms with Gasteiger partial charge in [-0.2, -0.15) is 0 Å². The zero-order valence-corrected chi connectivity index (χ0v) is 15.3. The maximum absolute atomic E-state index is 12.5. The number of carbonyl (C=O) groups is 1. The standard InChI is InChI=1S/C21H19N5O2/c1-13-22-12-19(26(13)2)17-9-6-15-11-23-20(10-18(15)24-17)25-21(27)14-4-7-16(28-3)8-5-14/h4-12H,1-3H3,(H,23,25,27)/i3D3. The zero-order valence-electron chi connectivity index (χ0n) is 18.3. The molecule has 4 aromatic rings. The van der Waals surface area contributed by atoms with Crippen LogP contribution in [0, 0.1) is 6.92 Å². The van der Waals surface area contributed by atoms with E-state index >= 15 is 0 Å². The molecule has 3 aromatic heterocycles. The van der Waals surface area contributed by atoms with Crippen LogP contribution < -0.4 is 10.1 Å². The topological polar surface area (TPSA) is 81.9 Å². The Kier molecular flexibility index (Phi) is 3.64. The molecule has 0 unspecified atom stereocenters. The van der Waals surface area contributed by atoms with Gasteiger partial charge in [-0.05, 0) is 43.3 Å². The number of benzene rings is 1. The number of methoxy groups -OCH3 is 1. The van der Waals surface area contributed by atoms with Crippen LogP contribution in [-0.4, -0.2) is 32.5 Å². The van der Waals surface area contributed by atoms with Crippen LogP contribution in [0.5, 0.6) is 5.75 Å². The van der Waals surface area contributed by atoms with Crippen LogP contribution in [0.2, 0.25) is 0 Å². The molecule has 0 radical (unpaired) electrons. The molecule has 1 amide bonds. The third-order valence-electron chi connectivity index (χ3n) is 4.53. The molecule has 0 saturated carbocycles. The molecule has 1 N–H and O–H groups in total. The van der Waals surface area contributed by atoms with E-state index in [1.807, 2.05) is 30.7 Å². The Morgan fingerprint density at radius 3 is 2.68 bits per heavy atom. The highest BCUT2D eigenvalue weighted by Crippen LogP contribution is 2.22. The van der Waals surface area contributed by atoms with Gasteiger partial charge in [-0.15, -0.1) is 0 Å². The molecule has 4 rings (SSSR count). The third-order valence-corrected chi connectivity index (χ3v) is 4.53. The van der Waals surface area contributed by atoms with Gasteiger partial charge in [0.25, 0.3) is 5.91 Å². The molecule has 0 aliphatic carbocycles. The number of fused-ring (bicyclic) bond motifs is 1. The molecule has 0 aliphatic rings. The van der Waals surface area contributed by atoms with Crippen molar-refractivity contribution in [2.24, 2.45) is 7.05 Å². The van der Waals surface area contributed by atoms with Crippen LogP contribution in [0.3, 0.4) is 0 Å². The number of pyridine rings is 2. The van der Waals surface area contributed by atoms with Crippen LogP contribution in [0.1, 0.15) is 20.3 Å². The highest BCUT2D eigenvalue weighted by Gasteiger charge is 2.10. The number of hydrogen-bond donors (Lipinski definition) is 1. The van der Waals surface area contributed by atoms with E-state index in [2.05, 4.69) is 20.3 Å². The van der Waals surface area contributed by atoms with Crippen LogP contribution in [0.4, 0.5) is 5.82 Å². The van der Waals surface area contributed by atoms with Gasteiger partial charge in [0, 0.05) is 30.3 Å². The van der Waals surface area contributed by atoms with E-state index in [1.165, 1.54) is 24.3 Å². The summed E-state index contributed by atoms with van der Waals surface area (Å²) in [5, 5.41) is 3.57. The number of nitrogens with zero attached hydrogens (tertiary/aromatic N) is 4. The van der Waals surface area contributed by atoms with Gasteiger partial charge >= 0.3 is 0 Å². The van der Waals surface area contributed by atoms with Gasteiger partial charge < -0.3 is 14.6 Å². The second-order valence-electron chi connectivity index (χ2n) is 6.29. The Labute approximate surface area is 166 Å². The number of ether oxygens (including phenoxy) is 1. The summed E-state index contributed by atoms with van der Waals surface area (Å²) >= 11 is 0. The number of aryl methyl sites for hydroxylation is 1. The minimum Gasteiger partial charge on any atom is -0.497 e. The lowest BCUT2D eigenvalue weighted by Gasteiger charge is -2.08. The fourth-order valence-electron chi connectivity index (χ4n) is 2.83. The summed E-state index contributed by atoms with van der Waals surface area (Å²) in [7, 11) is -0.616. The van der Waals surface area contributed by atoms with Crippen molar-refractivity contribution in [1.29, 1.82) is 0 Å². The van der Waals surface area contributed by atoms with Crippen molar-refractivity contribution in [2.75, 3.05) is 12.4 Å². The Bertz CT molecular complexity index is 1270. The molecule has 140 valence electrons. The van der Waals surface area contributed by atoms with Gasteiger partial charge in [0.1, 0.15) is 17.4 Å². The Morgan fingerprint density at radius 2 is 1.96 bits per heavy atom. The largest absolute Gasteiger partial charge is 0.497 e. The summed E-state index contributed by atoms with van der Waals surface area (Å²) < 4.78 is 28.1. The number of carbonyl (C=O) groups excluding carboxylic acids is 1. The number of hydrogen-bond acceptors (Lipinski definition) is 5. The zero-order chi connectivity index (χ0) is 22.2. The predicted octanol–water partition coefficient (Wildman–Crippen LogP) is 3.60. The van der Waals surface area contributed by atoms with Gasteiger partial charge in [0.15, 0.2) is 0 Å². The predicted molar refractivity (Wildman–Crippen MR) is 107 cm³/mol. The van der Waals surface area contributed by atoms with Crippen LogP contribution >= 0.6 is 0 Å². The summed E-state index contributed by atoms with van der Waals surface area (Å²) in [6.07, 6.45) is 3.41. The highest BCUT2D eigenvalue weighted by molar-refractivity contribution is 6.04. The van der Waals surface area contributed by atoms with Crippen LogP contribution in [-0.2, 0) is 7.05 Å². The van der Waals surface area contributed by atoms with Crippen molar-refractivity contribution in [3.63, 3.8) is 0 Å². The number of nitrogens with one attached hydrogen (secondary N) is 1. The van der Waals surface area contributed by atoms with E-state index in [4.69, 9.17) is 8.85 Å². The summed E-state index contributed by atoms with van der Waals surface area (Å²) in [5.74, 6) is 1.01. The van der Waals surface area contributed by atoms with Crippen molar-refractivity contribution in [1.82, 2.24) is 19.5 Å². The molecule has 7 nitrogen and oxygen atoms in total. The SMILES string of the molecule is [2H]C([2H])([2H])Oc1ccc(C(=O)Nc2cc3nc(-c4cnc(C)n4C)ccc3cn2)cc1. The molecule has 0 atom stereocenters. The van der Waals surface area contributed by atoms with E-state index in [-0.39, 0.29) is 11.7 Å². The second kappa shape index (κ2) is 7.11. The molecular weight excluding hydrogens is 354 g/mol. The van der Waals surface area contributed by atoms with Crippen LogP contribution in [0.15, 0.2) is 54.9 Å². The maximum atomic E-state index is 12.5. The summed E-state index contributed by atoms with van der Waals surface area (Å²) in [6.45, 7) is 1.92. The van der Waals surface area contributed by atoms with Gasteiger partial charge in [0.05, 0.1) is 34.3 Å². The third kappa shape index (κ3) is 3.29. The van der Waals surface area contributed by atoms with Gasteiger partial charge in [0.2, 0.25) is 0 Å². The van der Waals surface area contributed by atoms with Crippen molar-refractivity contribution in [2.45, 2.75) is 6.92 Å².